The van der Waals surface area contributed by atoms with Gasteiger partial charge in [0, 0.05) is 22.7 Å². The highest BCUT2D eigenvalue weighted by Crippen LogP contribution is 2.20. The van der Waals surface area contributed by atoms with Crippen LogP contribution in [0.5, 0.6) is 0 Å². The minimum absolute atomic E-state index is 0.107. The van der Waals surface area contributed by atoms with Gasteiger partial charge in [0.25, 0.3) is 5.56 Å². The SMILES string of the molecule is Cc1cc(C#Cc2ccccc2)ccc1-n1c(/C=C/c2ccc3ncccc3c2)nc2ccccc2c1=O. The molecule has 0 N–H and O–H groups in total. The van der Waals surface area contributed by atoms with E-state index in [1.54, 1.807) is 10.8 Å². The van der Waals surface area contributed by atoms with Gasteiger partial charge in [0.15, 0.2) is 0 Å². The van der Waals surface area contributed by atoms with Crippen molar-refractivity contribution in [3.63, 3.8) is 0 Å². The molecule has 0 aliphatic carbocycles. The number of fused-ring (bicyclic) bond motifs is 2. The summed E-state index contributed by atoms with van der Waals surface area (Å²) < 4.78 is 1.69. The minimum Gasteiger partial charge on any atom is -0.268 e. The van der Waals surface area contributed by atoms with E-state index in [0.29, 0.717) is 16.7 Å². The molecule has 2 heterocycles. The third-order valence-electron chi connectivity index (χ3n) is 6.42. The van der Waals surface area contributed by atoms with E-state index in [4.69, 9.17) is 4.98 Å². The molecule has 6 rings (SSSR count). The van der Waals surface area contributed by atoms with Gasteiger partial charge in [0.2, 0.25) is 0 Å². The fourth-order valence-electron chi connectivity index (χ4n) is 4.51. The molecule has 180 valence electrons. The molecule has 0 radical (unpaired) electrons. The maximum absolute atomic E-state index is 13.7. The Morgan fingerprint density at radius 3 is 2.42 bits per heavy atom. The van der Waals surface area contributed by atoms with Crippen LogP contribution in [0.2, 0.25) is 0 Å². The first-order chi connectivity index (χ1) is 18.7. The van der Waals surface area contributed by atoms with Crippen LogP contribution in [-0.2, 0) is 0 Å². The first-order valence-electron chi connectivity index (χ1n) is 12.4. The average molecular weight is 490 g/mol. The second kappa shape index (κ2) is 10.0. The summed E-state index contributed by atoms with van der Waals surface area (Å²) in [6.45, 7) is 1.99. The van der Waals surface area contributed by atoms with Crippen LogP contribution in [0.3, 0.4) is 0 Å². The normalized spacial score (nSPS) is 11.1. The Labute approximate surface area is 220 Å². The molecular formula is C34H23N3O. The Morgan fingerprint density at radius 1 is 0.737 bits per heavy atom. The maximum Gasteiger partial charge on any atom is 0.266 e. The van der Waals surface area contributed by atoms with Gasteiger partial charge in [-0.2, -0.15) is 0 Å². The van der Waals surface area contributed by atoms with Crippen LogP contribution in [-0.4, -0.2) is 14.5 Å². The van der Waals surface area contributed by atoms with Crippen molar-refractivity contribution >= 4 is 34.0 Å². The lowest BCUT2D eigenvalue weighted by Gasteiger charge is -2.14. The van der Waals surface area contributed by atoms with Gasteiger partial charge in [0.05, 0.1) is 22.1 Å². The molecule has 0 aliphatic rings. The van der Waals surface area contributed by atoms with Gasteiger partial charge in [-0.25, -0.2) is 4.98 Å². The van der Waals surface area contributed by atoms with E-state index in [1.807, 2.05) is 116 Å². The van der Waals surface area contributed by atoms with Gasteiger partial charge in [0.1, 0.15) is 5.82 Å². The summed E-state index contributed by atoms with van der Waals surface area (Å²) in [4.78, 5) is 23.0. The van der Waals surface area contributed by atoms with Crippen molar-refractivity contribution < 1.29 is 0 Å². The van der Waals surface area contributed by atoms with Gasteiger partial charge in [-0.1, -0.05) is 60.4 Å². The van der Waals surface area contributed by atoms with Gasteiger partial charge in [-0.15, -0.1) is 0 Å². The van der Waals surface area contributed by atoms with E-state index in [-0.39, 0.29) is 5.56 Å². The van der Waals surface area contributed by atoms with Crippen molar-refractivity contribution in [2.75, 3.05) is 0 Å². The largest absolute Gasteiger partial charge is 0.268 e. The molecule has 0 fully saturated rings. The van der Waals surface area contributed by atoms with Crippen molar-refractivity contribution in [2.24, 2.45) is 0 Å². The van der Waals surface area contributed by atoms with Crippen LogP contribution in [0.15, 0.2) is 114 Å². The Morgan fingerprint density at radius 2 is 1.55 bits per heavy atom. The molecule has 4 nitrogen and oxygen atoms in total. The number of nitrogens with zero attached hydrogens (tertiary/aromatic N) is 3. The lowest BCUT2D eigenvalue weighted by molar-refractivity contribution is 0.934. The van der Waals surface area contributed by atoms with Crippen molar-refractivity contribution in [1.82, 2.24) is 14.5 Å². The maximum atomic E-state index is 13.7. The highest BCUT2D eigenvalue weighted by Gasteiger charge is 2.13. The number of para-hydroxylation sites is 1. The molecule has 0 aliphatic heterocycles. The summed E-state index contributed by atoms with van der Waals surface area (Å²) in [6.07, 6.45) is 5.67. The van der Waals surface area contributed by atoms with E-state index >= 15 is 0 Å². The molecule has 0 spiro atoms. The van der Waals surface area contributed by atoms with E-state index < -0.39 is 0 Å². The fraction of sp³-hybridized carbons (Fsp3) is 0.0294. The summed E-state index contributed by atoms with van der Waals surface area (Å²) in [5.41, 5.74) is 6.07. The molecular weight excluding hydrogens is 466 g/mol. The Bertz CT molecular complexity index is 1960. The van der Waals surface area contributed by atoms with E-state index in [0.717, 1.165) is 38.8 Å². The van der Waals surface area contributed by atoms with Crippen LogP contribution < -0.4 is 5.56 Å². The van der Waals surface area contributed by atoms with Gasteiger partial charge >= 0.3 is 0 Å². The average Bonchev–Trinajstić information content (AvgIpc) is 2.96. The number of aryl methyl sites for hydroxylation is 1. The zero-order chi connectivity index (χ0) is 25.9. The van der Waals surface area contributed by atoms with Gasteiger partial charge in [-0.3, -0.25) is 14.3 Å². The topological polar surface area (TPSA) is 47.8 Å². The number of pyridine rings is 1. The van der Waals surface area contributed by atoms with E-state index in [2.05, 4.69) is 22.9 Å². The minimum atomic E-state index is -0.107. The fourth-order valence-corrected chi connectivity index (χ4v) is 4.51. The van der Waals surface area contributed by atoms with Crippen LogP contribution in [0.1, 0.15) is 28.1 Å². The molecule has 0 amide bonds. The van der Waals surface area contributed by atoms with Crippen LogP contribution in [0, 0.1) is 18.8 Å². The van der Waals surface area contributed by atoms with Crippen LogP contribution in [0.25, 0.3) is 39.6 Å². The third kappa shape index (κ3) is 4.61. The number of rotatable bonds is 3. The monoisotopic (exact) mass is 489 g/mol. The summed E-state index contributed by atoms with van der Waals surface area (Å²) in [5, 5.41) is 1.63. The number of aromatic nitrogens is 3. The number of benzene rings is 4. The molecule has 0 saturated carbocycles. The number of hydrogen-bond donors (Lipinski definition) is 0. The Balaban J connectivity index is 1.45. The predicted octanol–water partition coefficient (Wildman–Crippen LogP) is 6.81. The number of hydrogen-bond acceptors (Lipinski definition) is 3. The third-order valence-corrected chi connectivity index (χ3v) is 6.42. The first-order valence-corrected chi connectivity index (χ1v) is 12.4. The summed E-state index contributed by atoms with van der Waals surface area (Å²) >= 11 is 0. The smallest absolute Gasteiger partial charge is 0.266 e. The van der Waals surface area contributed by atoms with Crippen molar-refractivity contribution in [3.05, 3.63) is 148 Å². The van der Waals surface area contributed by atoms with E-state index in [9.17, 15) is 4.79 Å². The lowest BCUT2D eigenvalue weighted by Crippen LogP contribution is -2.23. The Hall–Kier alpha value is -5.27. The zero-order valence-corrected chi connectivity index (χ0v) is 20.8. The predicted molar refractivity (Wildman–Crippen MR) is 155 cm³/mol. The summed E-state index contributed by atoms with van der Waals surface area (Å²) in [5.74, 6) is 6.99. The zero-order valence-electron chi connectivity index (χ0n) is 20.8. The van der Waals surface area contributed by atoms with Crippen molar-refractivity contribution in [2.45, 2.75) is 6.92 Å². The molecule has 0 bridgehead atoms. The van der Waals surface area contributed by atoms with E-state index in [1.165, 1.54) is 0 Å². The van der Waals surface area contributed by atoms with Crippen molar-refractivity contribution in [3.8, 4) is 17.5 Å². The molecule has 0 saturated heterocycles. The molecule has 0 atom stereocenters. The standard InChI is InChI=1S/C34H23N3O/c1-24-22-26(14-13-25-8-3-2-4-9-25)16-19-32(24)37-33(36-31-12-6-5-11-29(31)34(37)38)20-17-27-15-18-30-28(23-27)10-7-21-35-30/h2-12,15-23H,1H3/b20-17+. The molecule has 4 heteroatoms. The molecule has 4 aromatic carbocycles. The second-order valence-electron chi connectivity index (χ2n) is 9.03. The highest BCUT2D eigenvalue weighted by atomic mass is 16.1. The summed E-state index contributed by atoms with van der Waals surface area (Å²) in [6, 6.07) is 33.3. The molecule has 2 aromatic heterocycles. The van der Waals surface area contributed by atoms with Crippen molar-refractivity contribution in [1.29, 1.82) is 0 Å². The molecule has 0 unspecified atom stereocenters. The first kappa shape index (κ1) is 23.1. The van der Waals surface area contributed by atoms with Gasteiger partial charge < -0.3 is 0 Å². The van der Waals surface area contributed by atoms with Crippen LogP contribution in [0.4, 0.5) is 0 Å². The quantitative estimate of drug-likeness (QED) is 0.257. The second-order valence-corrected chi connectivity index (χ2v) is 9.03. The molecule has 38 heavy (non-hydrogen) atoms. The van der Waals surface area contributed by atoms with Gasteiger partial charge in [-0.05, 0) is 84.8 Å². The highest BCUT2D eigenvalue weighted by molar-refractivity contribution is 5.84. The molecule has 6 aromatic rings. The lowest BCUT2D eigenvalue weighted by atomic mass is 10.1. The summed E-state index contributed by atoms with van der Waals surface area (Å²) in [7, 11) is 0. The van der Waals surface area contributed by atoms with Crippen LogP contribution >= 0.6 is 0 Å². The Kier molecular flexibility index (Phi) is 6.09.